The van der Waals surface area contributed by atoms with E-state index >= 15 is 0 Å². The Balaban J connectivity index is 1.66. The molecule has 94 valence electrons. The number of pyridine rings is 1. The van der Waals surface area contributed by atoms with Crippen molar-refractivity contribution in [2.75, 3.05) is 0 Å². The molecule has 0 saturated carbocycles. The zero-order valence-electron chi connectivity index (χ0n) is 10.1. The Hall–Kier alpha value is -1.39. The van der Waals surface area contributed by atoms with E-state index in [1.54, 1.807) is 6.07 Å². The smallest absolute Gasteiger partial charge is 0.133 e. The number of fused-ring (bicyclic) bond motifs is 1. The largest absolute Gasteiger partial charge is 0.506 e. The average Bonchev–Trinajstić information content (AvgIpc) is 2.87. The molecule has 2 N–H and O–H groups in total. The lowest BCUT2D eigenvalue weighted by molar-refractivity contribution is 0.456. The summed E-state index contributed by atoms with van der Waals surface area (Å²) in [6, 6.07) is 6.23. The van der Waals surface area contributed by atoms with Crippen LogP contribution in [0.3, 0.4) is 0 Å². The van der Waals surface area contributed by atoms with Crippen molar-refractivity contribution in [1.29, 1.82) is 0 Å². The molecule has 4 heteroatoms. The minimum absolute atomic E-state index is 0.219. The first-order valence-corrected chi connectivity index (χ1v) is 7.14. The third-order valence-corrected chi connectivity index (χ3v) is 4.39. The van der Waals surface area contributed by atoms with Crippen LogP contribution in [0, 0.1) is 0 Å². The van der Waals surface area contributed by atoms with Crippen LogP contribution >= 0.6 is 11.3 Å². The SMILES string of the molecule is Oc1ccc(CNC2CCCc3sccc32)nc1. The molecule has 1 atom stereocenters. The summed E-state index contributed by atoms with van der Waals surface area (Å²) in [4.78, 5) is 5.72. The van der Waals surface area contributed by atoms with Gasteiger partial charge in [-0.05, 0) is 48.4 Å². The second kappa shape index (κ2) is 5.08. The van der Waals surface area contributed by atoms with Gasteiger partial charge in [0.2, 0.25) is 0 Å². The number of aromatic hydroxyl groups is 1. The quantitative estimate of drug-likeness (QED) is 0.891. The van der Waals surface area contributed by atoms with Gasteiger partial charge in [0.1, 0.15) is 5.75 Å². The fourth-order valence-corrected chi connectivity index (χ4v) is 3.43. The minimum Gasteiger partial charge on any atom is -0.506 e. The van der Waals surface area contributed by atoms with Gasteiger partial charge >= 0.3 is 0 Å². The van der Waals surface area contributed by atoms with Crippen molar-refractivity contribution in [3.63, 3.8) is 0 Å². The molecule has 1 aliphatic rings. The van der Waals surface area contributed by atoms with Crippen LogP contribution in [0.2, 0.25) is 0 Å². The number of nitrogens with zero attached hydrogens (tertiary/aromatic N) is 1. The molecule has 0 aromatic carbocycles. The third-order valence-electron chi connectivity index (χ3n) is 3.39. The first kappa shape index (κ1) is 11.7. The van der Waals surface area contributed by atoms with Gasteiger partial charge in [-0.2, -0.15) is 0 Å². The van der Waals surface area contributed by atoms with Gasteiger partial charge in [-0.25, -0.2) is 0 Å². The van der Waals surface area contributed by atoms with Crippen LogP contribution in [0.15, 0.2) is 29.8 Å². The van der Waals surface area contributed by atoms with Crippen molar-refractivity contribution in [3.8, 4) is 5.75 Å². The first-order chi connectivity index (χ1) is 8.83. The van der Waals surface area contributed by atoms with E-state index in [0.29, 0.717) is 6.04 Å². The summed E-state index contributed by atoms with van der Waals surface area (Å²) in [6.45, 7) is 0.750. The summed E-state index contributed by atoms with van der Waals surface area (Å²) in [5.41, 5.74) is 2.43. The lowest BCUT2D eigenvalue weighted by atomic mass is 9.94. The van der Waals surface area contributed by atoms with Crippen LogP contribution in [0.4, 0.5) is 0 Å². The number of nitrogens with one attached hydrogen (secondary N) is 1. The van der Waals surface area contributed by atoms with Gasteiger partial charge < -0.3 is 10.4 Å². The van der Waals surface area contributed by atoms with Crippen molar-refractivity contribution in [2.45, 2.75) is 31.8 Å². The normalized spacial score (nSPS) is 18.6. The number of rotatable bonds is 3. The number of hydrogen-bond acceptors (Lipinski definition) is 4. The molecule has 18 heavy (non-hydrogen) atoms. The lowest BCUT2D eigenvalue weighted by Crippen LogP contribution is -2.24. The molecule has 2 heterocycles. The van der Waals surface area contributed by atoms with Crippen LogP contribution in [-0.2, 0) is 13.0 Å². The number of hydrogen-bond donors (Lipinski definition) is 2. The molecule has 2 aromatic rings. The fraction of sp³-hybridized carbons (Fsp3) is 0.357. The predicted octanol–water partition coefficient (Wildman–Crippen LogP) is 3.02. The van der Waals surface area contributed by atoms with Gasteiger partial charge in [-0.1, -0.05) is 0 Å². The van der Waals surface area contributed by atoms with Gasteiger partial charge in [0.05, 0.1) is 11.9 Å². The van der Waals surface area contributed by atoms with Crippen LogP contribution in [-0.4, -0.2) is 10.1 Å². The molecule has 0 fully saturated rings. The molecule has 2 aromatic heterocycles. The predicted molar refractivity (Wildman–Crippen MR) is 72.7 cm³/mol. The zero-order valence-corrected chi connectivity index (χ0v) is 10.9. The minimum atomic E-state index is 0.219. The van der Waals surface area contributed by atoms with Crippen LogP contribution in [0.1, 0.15) is 35.0 Å². The summed E-state index contributed by atoms with van der Waals surface area (Å²) in [7, 11) is 0. The van der Waals surface area contributed by atoms with E-state index in [9.17, 15) is 5.11 Å². The Morgan fingerprint density at radius 1 is 1.39 bits per heavy atom. The maximum atomic E-state index is 9.19. The molecule has 0 radical (unpaired) electrons. The highest BCUT2D eigenvalue weighted by Gasteiger charge is 2.20. The highest BCUT2D eigenvalue weighted by atomic mass is 32.1. The second-order valence-corrected chi connectivity index (χ2v) is 5.63. The van der Waals surface area contributed by atoms with Gasteiger partial charge in [0.15, 0.2) is 0 Å². The number of aromatic nitrogens is 1. The van der Waals surface area contributed by atoms with Crippen molar-refractivity contribution in [3.05, 3.63) is 45.9 Å². The number of aryl methyl sites for hydroxylation is 1. The van der Waals surface area contributed by atoms with Crippen LogP contribution in [0.5, 0.6) is 5.75 Å². The molecular formula is C14H16N2OS. The summed E-state index contributed by atoms with van der Waals surface area (Å²) < 4.78 is 0. The van der Waals surface area contributed by atoms with Crippen LogP contribution in [0.25, 0.3) is 0 Å². The maximum Gasteiger partial charge on any atom is 0.133 e. The second-order valence-electron chi connectivity index (χ2n) is 4.63. The molecule has 0 amide bonds. The highest BCUT2D eigenvalue weighted by Crippen LogP contribution is 2.33. The molecule has 1 unspecified atom stereocenters. The summed E-state index contributed by atoms with van der Waals surface area (Å²) in [6.07, 6.45) is 5.17. The molecule has 0 bridgehead atoms. The topological polar surface area (TPSA) is 45.1 Å². The first-order valence-electron chi connectivity index (χ1n) is 6.26. The Morgan fingerprint density at radius 3 is 3.17 bits per heavy atom. The Morgan fingerprint density at radius 2 is 2.33 bits per heavy atom. The Labute approximate surface area is 111 Å². The molecule has 1 aliphatic carbocycles. The summed E-state index contributed by atoms with van der Waals surface area (Å²) >= 11 is 1.86. The van der Waals surface area contributed by atoms with Crippen molar-refractivity contribution in [2.24, 2.45) is 0 Å². The van der Waals surface area contributed by atoms with Crippen molar-refractivity contribution in [1.82, 2.24) is 10.3 Å². The van der Waals surface area contributed by atoms with E-state index in [1.807, 2.05) is 17.4 Å². The van der Waals surface area contributed by atoms with Crippen molar-refractivity contribution < 1.29 is 5.11 Å². The lowest BCUT2D eigenvalue weighted by Gasteiger charge is -2.23. The molecule has 3 nitrogen and oxygen atoms in total. The van der Waals surface area contributed by atoms with E-state index < -0.39 is 0 Å². The van der Waals surface area contributed by atoms with E-state index in [0.717, 1.165) is 12.2 Å². The monoisotopic (exact) mass is 260 g/mol. The molecular weight excluding hydrogens is 244 g/mol. The third kappa shape index (κ3) is 2.40. The van der Waals surface area contributed by atoms with Crippen LogP contribution < -0.4 is 5.32 Å². The van der Waals surface area contributed by atoms with E-state index in [4.69, 9.17) is 0 Å². The Kier molecular flexibility index (Phi) is 3.30. The van der Waals surface area contributed by atoms with Gasteiger partial charge in [-0.3, -0.25) is 4.98 Å². The molecule has 0 aliphatic heterocycles. The van der Waals surface area contributed by atoms with Crippen molar-refractivity contribution >= 4 is 11.3 Å². The molecule has 0 saturated heterocycles. The molecule has 3 rings (SSSR count). The zero-order chi connectivity index (χ0) is 12.4. The van der Waals surface area contributed by atoms with Gasteiger partial charge in [0, 0.05) is 17.5 Å². The average molecular weight is 260 g/mol. The van der Waals surface area contributed by atoms with Gasteiger partial charge in [0.25, 0.3) is 0 Å². The molecule has 0 spiro atoms. The van der Waals surface area contributed by atoms with E-state index in [-0.39, 0.29) is 5.75 Å². The highest BCUT2D eigenvalue weighted by molar-refractivity contribution is 7.10. The van der Waals surface area contributed by atoms with Gasteiger partial charge in [-0.15, -0.1) is 11.3 Å². The maximum absolute atomic E-state index is 9.19. The van der Waals surface area contributed by atoms with E-state index in [2.05, 4.69) is 21.7 Å². The standard InChI is InChI=1S/C14H16N2OS/c17-11-5-4-10(15-9-11)8-16-13-2-1-3-14-12(13)6-7-18-14/h4-7,9,13,16-17H,1-3,8H2. The Bertz CT molecular complexity index is 521. The number of thiophene rings is 1. The fourth-order valence-electron chi connectivity index (χ4n) is 2.45. The summed E-state index contributed by atoms with van der Waals surface area (Å²) in [5.74, 6) is 0.219. The summed E-state index contributed by atoms with van der Waals surface area (Å²) in [5, 5.41) is 14.9. The van der Waals surface area contributed by atoms with E-state index in [1.165, 1.54) is 35.9 Å².